The molecule has 0 aromatic heterocycles. The minimum absolute atomic E-state index is 0.0696. The molecule has 3 nitrogen and oxygen atoms in total. The molecule has 0 aliphatic heterocycles. The number of fused-ring (bicyclic) bond motifs is 2. The molecule has 80 valence electrons. The Morgan fingerprint density at radius 2 is 2.00 bits per heavy atom. The van der Waals surface area contributed by atoms with Crippen LogP contribution in [0.1, 0.15) is 40.0 Å². The topological polar surface area (TPSA) is 63.3 Å². The van der Waals surface area contributed by atoms with Crippen LogP contribution in [-0.2, 0) is 4.79 Å². The Hall–Kier alpha value is -0.570. The van der Waals surface area contributed by atoms with Crippen LogP contribution in [0.2, 0.25) is 0 Å². The molecular weight excluding hydrogens is 178 g/mol. The first-order valence-corrected chi connectivity index (χ1v) is 5.28. The number of carboxylic acid groups (broad SMARTS) is 1. The van der Waals surface area contributed by atoms with Crippen LogP contribution in [0.3, 0.4) is 0 Å². The van der Waals surface area contributed by atoms with Gasteiger partial charge in [-0.05, 0) is 30.6 Å². The molecule has 2 aliphatic carbocycles. The van der Waals surface area contributed by atoms with E-state index < -0.39 is 11.5 Å². The lowest BCUT2D eigenvalue weighted by molar-refractivity contribution is -0.149. The minimum atomic E-state index is -1.00. The average molecular weight is 197 g/mol. The maximum atomic E-state index is 11.3. The van der Waals surface area contributed by atoms with Crippen molar-refractivity contribution in [1.29, 1.82) is 0 Å². The molecule has 3 atom stereocenters. The molecule has 14 heavy (non-hydrogen) atoms. The van der Waals surface area contributed by atoms with Crippen LogP contribution >= 0.6 is 0 Å². The van der Waals surface area contributed by atoms with Crippen molar-refractivity contribution in [3.8, 4) is 0 Å². The van der Waals surface area contributed by atoms with Crippen molar-refractivity contribution >= 4 is 5.97 Å². The number of aliphatic carboxylic acids is 1. The van der Waals surface area contributed by atoms with E-state index in [2.05, 4.69) is 13.8 Å². The van der Waals surface area contributed by atoms with E-state index in [0.717, 1.165) is 12.8 Å². The molecule has 0 radical (unpaired) electrons. The maximum Gasteiger partial charge on any atom is 0.324 e. The number of nitrogens with two attached hydrogens (primary N) is 1. The normalized spacial score (nSPS) is 49.6. The van der Waals surface area contributed by atoms with Gasteiger partial charge in [0.25, 0.3) is 0 Å². The van der Waals surface area contributed by atoms with Gasteiger partial charge in [-0.1, -0.05) is 20.8 Å². The van der Waals surface area contributed by atoms with E-state index in [1.807, 2.05) is 6.92 Å². The first-order chi connectivity index (χ1) is 6.26. The van der Waals surface area contributed by atoms with Crippen molar-refractivity contribution in [2.24, 2.45) is 22.5 Å². The van der Waals surface area contributed by atoms with E-state index in [4.69, 9.17) is 5.73 Å². The van der Waals surface area contributed by atoms with Crippen LogP contribution in [0, 0.1) is 16.7 Å². The number of carboxylic acids is 1. The number of hydrogen-bond donors (Lipinski definition) is 2. The quantitative estimate of drug-likeness (QED) is 0.671. The SMILES string of the molecule is CC1(C)C2CCC1(C)C(N)(C(=O)O)C2. The Labute approximate surface area is 84.7 Å². The summed E-state index contributed by atoms with van der Waals surface area (Å²) in [4.78, 5) is 11.3. The van der Waals surface area contributed by atoms with E-state index in [9.17, 15) is 9.90 Å². The van der Waals surface area contributed by atoms with Crippen LogP contribution in [0.4, 0.5) is 0 Å². The summed E-state index contributed by atoms with van der Waals surface area (Å²) >= 11 is 0. The zero-order chi connectivity index (χ0) is 10.8. The summed E-state index contributed by atoms with van der Waals surface area (Å²) in [5.41, 5.74) is 4.93. The lowest BCUT2D eigenvalue weighted by Gasteiger charge is -2.43. The molecule has 2 aliphatic rings. The van der Waals surface area contributed by atoms with Crippen LogP contribution in [0.5, 0.6) is 0 Å². The Morgan fingerprint density at radius 3 is 2.21 bits per heavy atom. The lowest BCUT2D eigenvalue weighted by atomic mass is 9.63. The van der Waals surface area contributed by atoms with Crippen LogP contribution in [0.25, 0.3) is 0 Å². The van der Waals surface area contributed by atoms with Gasteiger partial charge in [-0.2, -0.15) is 0 Å². The van der Waals surface area contributed by atoms with Crippen molar-refractivity contribution in [3.05, 3.63) is 0 Å². The third kappa shape index (κ3) is 0.761. The highest BCUT2D eigenvalue weighted by atomic mass is 16.4. The molecule has 0 amide bonds. The highest BCUT2D eigenvalue weighted by molar-refractivity contribution is 5.81. The van der Waals surface area contributed by atoms with E-state index >= 15 is 0 Å². The van der Waals surface area contributed by atoms with Crippen molar-refractivity contribution < 1.29 is 9.90 Å². The van der Waals surface area contributed by atoms with Gasteiger partial charge in [0.05, 0.1) is 0 Å². The van der Waals surface area contributed by atoms with Gasteiger partial charge in [0.2, 0.25) is 0 Å². The third-order valence-corrected chi connectivity index (χ3v) is 5.37. The molecule has 3 N–H and O–H groups in total. The van der Waals surface area contributed by atoms with Crippen LogP contribution in [0.15, 0.2) is 0 Å². The monoisotopic (exact) mass is 197 g/mol. The largest absolute Gasteiger partial charge is 0.480 e. The van der Waals surface area contributed by atoms with Crippen molar-refractivity contribution in [1.82, 2.24) is 0 Å². The fourth-order valence-electron chi connectivity index (χ4n) is 3.69. The second-order valence-corrected chi connectivity index (χ2v) is 5.77. The third-order valence-electron chi connectivity index (χ3n) is 5.37. The summed E-state index contributed by atoms with van der Waals surface area (Å²) in [6.07, 6.45) is 2.73. The summed E-state index contributed by atoms with van der Waals surface area (Å²) in [6.45, 7) is 6.39. The van der Waals surface area contributed by atoms with Crippen molar-refractivity contribution in [2.75, 3.05) is 0 Å². The molecule has 0 heterocycles. The molecule has 2 saturated carbocycles. The predicted octanol–water partition coefficient (Wildman–Crippen LogP) is 1.61. The molecule has 2 fully saturated rings. The summed E-state index contributed by atoms with van der Waals surface area (Å²) in [5.74, 6) is -0.344. The standard InChI is InChI=1S/C11H19NO2/c1-9(2)7-4-5-10(9,3)11(12,6-7)8(13)14/h7H,4-6,12H2,1-3H3,(H,13,14). The second-order valence-electron chi connectivity index (χ2n) is 5.77. The Morgan fingerprint density at radius 1 is 1.43 bits per heavy atom. The number of carbonyl (C=O) groups is 1. The first-order valence-electron chi connectivity index (χ1n) is 5.28. The van der Waals surface area contributed by atoms with Gasteiger partial charge in [-0.3, -0.25) is 4.79 Å². The molecule has 2 rings (SSSR count). The van der Waals surface area contributed by atoms with Gasteiger partial charge in [0.1, 0.15) is 5.54 Å². The molecule has 0 aromatic carbocycles. The molecule has 0 aromatic rings. The van der Waals surface area contributed by atoms with E-state index in [1.54, 1.807) is 0 Å². The van der Waals surface area contributed by atoms with Gasteiger partial charge < -0.3 is 10.8 Å². The Balaban J connectivity index is 2.50. The summed E-state index contributed by atoms with van der Waals surface area (Å²) in [5, 5.41) is 9.27. The highest BCUT2D eigenvalue weighted by Gasteiger charge is 2.70. The van der Waals surface area contributed by atoms with Gasteiger partial charge in [-0.25, -0.2) is 0 Å². The van der Waals surface area contributed by atoms with Gasteiger partial charge in [-0.15, -0.1) is 0 Å². The molecule has 2 bridgehead atoms. The van der Waals surface area contributed by atoms with Gasteiger partial charge >= 0.3 is 5.97 Å². The Bertz CT molecular complexity index is 300. The van der Waals surface area contributed by atoms with Gasteiger partial charge in [0, 0.05) is 5.41 Å². The van der Waals surface area contributed by atoms with E-state index in [0.29, 0.717) is 12.3 Å². The zero-order valence-corrected chi connectivity index (χ0v) is 9.13. The molecule has 3 heteroatoms. The fourth-order valence-corrected chi connectivity index (χ4v) is 3.69. The zero-order valence-electron chi connectivity index (χ0n) is 9.13. The molecular formula is C11H19NO2. The maximum absolute atomic E-state index is 11.3. The highest BCUT2D eigenvalue weighted by Crippen LogP contribution is 2.68. The average Bonchev–Trinajstić information content (AvgIpc) is 2.36. The molecule has 3 unspecified atom stereocenters. The predicted molar refractivity (Wildman–Crippen MR) is 53.8 cm³/mol. The Kier molecular flexibility index (Phi) is 1.65. The van der Waals surface area contributed by atoms with Crippen LogP contribution in [-0.4, -0.2) is 16.6 Å². The summed E-state index contributed by atoms with van der Waals surface area (Å²) < 4.78 is 0. The molecule has 0 saturated heterocycles. The first kappa shape index (κ1) is 9.97. The van der Waals surface area contributed by atoms with E-state index in [1.165, 1.54) is 0 Å². The number of rotatable bonds is 1. The van der Waals surface area contributed by atoms with Crippen LogP contribution < -0.4 is 5.73 Å². The number of hydrogen-bond acceptors (Lipinski definition) is 2. The summed E-state index contributed by atoms with van der Waals surface area (Å²) in [6, 6.07) is 0. The second kappa shape index (κ2) is 2.32. The smallest absolute Gasteiger partial charge is 0.324 e. The minimum Gasteiger partial charge on any atom is -0.480 e. The fraction of sp³-hybridized carbons (Fsp3) is 0.909. The van der Waals surface area contributed by atoms with Crippen molar-refractivity contribution in [3.63, 3.8) is 0 Å². The van der Waals surface area contributed by atoms with Gasteiger partial charge in [0.15, 0.2) is 0 Å². The lowest BCUT2D eigenvalue weighted by Crippen LogP contribution is -2.59. The molecule has 0 spiro atoms. The van der Waals surface area contributed by atoms with E-state index in [-0.39, 0.29) is 10.8 Å². The summed E-state index contributed by atoms with van der Waals surface area (Å²) in [7, 11) is 0. The van der Waals surface area contributed by atoms with Crippen molar-refractivity contribution in [2.45, 2.75) is 45.6 Å².